The highest BCUT2D eigenvalue weighted by Gasteiger charge is 2.30. The summed E-state index contributed by atoms with van der Waals surface area (Å²) in [5.41, 5.74) is 0.261. The Hall–Kier alpha value is -1.76. The molecule has 3 rings (SSSR count). The van der Waals surface area contributed by atoms with E-state index in [1.807, 2.05) is 0 Å². The molecule has 0 aliphatic carbocycles. The van der Waals surface area contributed by atoms with Gasteiger partial charge in [0.1, 0.15) is 5.82 Å². The maximum Gasteiger partial charge on any atom is 0.300 e. The van der Waals surface area contributed by atoms with E-state index in [1.54, 1.807) is 0 Å². The number of hydrogen-bond acceptors (Lipinski definition) is 5. The summed E-state index contributed by atoms with van der Waals surface area (Å²) >= 11 is 0. The molecule has 3 aliphatic rings. The first-order valence-electron chi connectivity index (χ1n) is 10.6. The minimum absolute atomic E-state index is 0.261. The Kier molecular flexibility index (Phi) is 6.99. The second-order valence-corrected chi connectivity index (χ2v) is 8.28. The molecular weight excluding hydrogens is 336 g/mol. The summed E-state index contributed by atoms with van der Waals surface area (Å²) in [6, 6.07) is 3.51. The minimum Gasteiger partial charge on any atom is -0.365 e. The van der Waals surface area contributed by atoms with Crippen molar-refractivity contribution in [2.24, 2.45) is 0 Å². The van der Waals surface area contributed by atoms with Gasteiger partial charge in [-0.05, 0) is 59.0 Å². The molecule has 27 heavy (non-hydrogen) atoms. The van der Waals surface area contributed by atoms with Crippen molar-refractivity contribution in [3.8, 4) is 6.07 Å². The molecule has 3 saturated heterocycles. The SMILES string of the molecule is [C-]#[N+]C(C#N)=C1N(CCCN2CCC[C@H]2C)CCN1CCN1CCC[C@H]1C. The average molecular weight is 371 g/mol. The lowest BCUT2D eigenvalue weighted by atomic mass is 10.2. The van der Waals surface area contributed by atoms with Crippen LogP contribution in [-0.4, -0.2) is 84.0 Å². The number of hydrogen-bond donors (Lipinski definition) is 0. The molecule has 0 radical (unpaired) electrons. The molecule has 0 unspecified atom stereocenters. The van der Waals surface area contributed by atoms with Crippen molar-refractivity contribution in [1.82, 2.24) is 19.6 Å². The van der Waals surface area contributed by atoms with Crippen LogP contribution in [-0.2, 0) is 0 Å². The molecule has 0 aromatic heterocycles. The molecule has 148 valence electrons. The number of likely N-dealkylation sites (tertiary alicyclic amines) is 2. The first-order valence-corrected chi connectivity index (χ1v) is 10.6. The van der Waals surface area contributed by atoms with E-state index in [9.17, 15) is 5.26 Å². The molecule has 0 aromatic rings. The van der Waals surface area contributed by atoms with Crippen LogP contribution < -0.4 is 0 Å². The number of nitriles is 1. The van der Waals surface area contributed by atoms with E-state index in [1.165, 1.54) is 38.8 Å². The van der Waals surface area contributed by atoms with Crippen LogP contribution in [0.15, 0.2) is 11.5 Å². The predicted molar refractivity (Wildman–Crippen MR) is 108 cm³/mol. The second kappa shape index (κ2) is 9.44. The van der Waals surface area contributed by atoms with E-state index in [4.69, 9.17) is 6.57 Å². The zero-order valence-corrected chi connectivity index (χ0v) is 17.0. The summed E-state index contributed by atoms with van der Waals surface area (Å²) in [5.74, 6) is 0.883. The molecule has 6 nitrogen and oxygen atoms in total. The summed E-state index contributed by atoms with van der Waals surface area (Å²) in [6.45, 7) is 20.3. The zero-order chi connectivity index (χ0) is 19.2. The van der Waals surface area contributed by atoms with Gasteiger partial charge < -0.3 is 14.7 Å². The Labute approximate surface area is 164 Å². The fourth-order valence-electron chi connectivity index (χ4n) is 4.88. The molecule has 0 bridgehead atoms. The van der Waals surface area contributed by atoms with Crippen molar-refractivity contribution in [3.05, 3.63) is 22.9 Å². The van der Waals surface area contributed by atoms with Crippen molar-refractivity contribution < 1.29 is 0 Å². The van der Waals surface area contributed by atoms with Gasteiger partial charge in [-0.3, -0.25) is 4.90 Å². The van der Waals surface area contributed by atoms with Crippen LogP contribution in [0, 0.1) is 17.9 Å². The summed E-state index contributed by atoms with van der Waals surface area (Å²) in [6.07, 6.45) is 6.30. The molecule has 2 atom stereocenters. The molecule has 0 aromatic carbocycles. The highest BCUT2D eigenvalue weighted by Crippen LogP contribution is 2.25. The molecule has 3 aliphatic heterocycles. The van der Waals surface area contributed by atoms with E-state index in [0.29, 0.717) is 12.1 Å². The van der Waals surface area contributed by atoms with Crippen molar-refractivity contribution >= 4 is 0 Å². The van der Waals surface area contributed by atoms with Crippen LogP contribution in [0.1, 0.15) is 46.0 Å². The molecule has 3 fully saturated rings. The highest BCUT2D eigenvalue weighted by molar-refractivity contribution is 5.33. The van der Waals surface area contributed by atoms with Crippen molar-refractivity contribution in [1.29, 1.82) is 5.26 Å². The summed E-state index contributed by atoms with van der Waals surface area (Å²) in [4.78, 5) is 13.2. The van der Waals surface area contributed by atoms with Crippen LogP contribution >= 0.6 is 0 Å². The van der Waals surface area contributed by atoms with Crippen LogP contribution in [0.3, 0.4) is 0 Å². The van der Waals surface area contributed by atoms with Crippen molar-refractivity contribution in [2.75, 3.05) is 52.4 Å². The molecule has 3 heterocycles. The smallest absolute Gasteiger partial charge is 0.300 e. The van der Waals surface area contributed by atoms with Crippen LogP contribution in [0.4, 0.5) is 0 Å². The maximum absolute atomic E-state index is 9.48. The van der Waals surface area contributed by atoms with E-state index in [0.717, 1.165) is 51.5 Å². The van der Waals surface area contributed by atoms with Gasteiger partial charge in [-0.2, -0.15) is 0 Å². The van der Waals surface area contributed by atoms with Crippen molar-refractivity contribution in [2.45, 2.75) is 58.0 Å². The first kappa shape index (κ1) is 20.0. The molecule has 0 saturated carbocycles. The molecule has 6 heteroatoms. The fourth-order valence-corrected chi connectivity index (χ4v) is 4.88. The van der Waals surface area contributed by atoms with Gasteiger partial charge in [0.05, 0.1) is 12.6 Å². The van der Waals surface area contributed by atoms with Gasteiger partial charge in [0.25, 0.3) is 0 Å². The molecular formula is C21H34N6. The zero-order valence-electron chi connectivity index (χ0n) is 17.0. The third kappa shape index (κ3) is 4.75. The quantitative estimate of drug-likeness (QED) is 0.509. The Morgan fingerprint density at radius 3 is 2.07 bits per heavy atom. The largest absolute Gasteiger partial charge is 0.365 e. The second-order valence-electron chi connectivity index (χ2n) is 8.28. The molecule has 0 spiro atoms. The number of nitrogens with zero attached hydrogens (tertiary/aromatic N) is 6. The first-order chi connectivity index (χ1) is 13.1. The van der Waals surface area contributed by atoms with Crippen LogP contribution in [0.5, 0.6) is 0 Å². The Balaban J connectivity index is 1.58. The average Bonchev–Trinajstić information content (AvgIpc) is 3.37. The normalized spacial score (nSPS) is 28.6. The lowest BCUT2D eigenvalue weighted by molar-refractivity contribution is 0.224. The predicted octanol–water partition coefficient (Wildman–Crippen LogP) is 2.57. The number of allylic oxidation sites excluding steroid dienone is 1. The lowest BCUT2D eigenvalue weighted by Crippen LogP contribution is -2.36. The van der Waals surface area contributed by atoms with E-state index in [-0.39, 0.29) is 5.70 Å². The van der Waals surface area contributed by atoms with Gasteiger partial charge in [0.2, 0.25) is 0 Å². The van der Waals surface area contributed by atoms with Crippen molar-refractivity contribution in [3.63, 3.8) is 0 Å². The Bertz CT molecular complexity index is 599. The van der Waals surface area contributed by atoms with Gasteiger partial charge in [-0.1, -0.05) is 0 Å². The van der Waals surface area contributed by atoms with Crippen LogP contribution in [0.2, 0.25) is 0 Å². The van der Waals surface area contributed by atoms with Crippen LogP contribution in [0.25, 0.3) is 4.85 Å². The minimum atomic E-state index is 0.261. The van der Waals surface area contributed by atoms with Gasteiger partial charge in [0.15, 0.2) is 0 Å². The standard InChI is InChI=1S/C21H34N6/c1-18-7-4-9-24(18)11-6-12-26-15-16-27(21(26)20(17-22)23-3)14-13-25-10-5-8-19(25)2/h18-19H,4-16H2,1-2H3/t18-,19-/m1/s1. The molecule has 0 N–H and O–H groups in total. The summed E-state index contributed by atoms with van der Waals surface area (Å²) < 4.78 is 0. The van der Waals surface area contributed by atoms with Gasteiger partial charge >= 0.3 is 5.70 Å². The third-order valence-electron chi connectivity index (χ3n) is 6.58. The fraction of sp³-hybridized carbons (Fsp3) is 0.810. The van der Waals surface area contributed by atoms with Gasteiger partial charge in [0, 0.05) is 51.4 Å². The van der Waals surface area contributed by atoms with E-state index < -0.39 is 0 Å². The third-order valence-corrected chi connectivity index (χ3v) is 6.58. The van der Waals surface area contributed by atoms with E-state index >= 15 is 0 Å². The summed E-state index contributed by atoms with van der Waals surface area (Å²) in [7, 11) is 0. The Morgan fingerprint density at radius 2 is 1.56 bits per heavy atom. The maximum atomic E-state index is 9.48. The number of rotatable bonds is 7. The van der Waals surface area contributed by atoms with Gasteiger partial charge in [-0.25, -0.2) is 10.1 Å². The van der Waals surface area contributed by atoms with E-state index in [2.05, 4.69) is 44.4 Å². The van der Waals surface area contributed by atoms with Gasteiger partial charge in [-0.15, -0.1) is 0 Å². The molecule has 0 amide bonds. The highest BCUT2D eigenvalue weighted by atomic mass is 15.4. The lowest BCUT2D eigenvalue weighted by Gasteiger charge is -2.29. The Morgan fingerprint density at radius 1 is 0.963 bits per heavy atom. The summed E-state index contributed by atoms with van der Waals surface area (Å²) in [5, 5.41) is 9.48. The monoisotopic (exact) mass is 370 g/mol. The topological polar surface area (TPSA) is 41.1 Å².